The van der Waals surface area contributed by atoms with E-state index in [4.69, 9.17) is 11.6 Å². The number of aliphatic hydroxyl groups is 1. The first-order valence-electron chi connectivity index (χ1n) is 9.13. The molecule has 1 heterocycles. The van der Waals surface area contributed by atoms with Crippen molar-refractivity contribution in [2.24, 2.45) is 0 Å². The Morgan fingerprint density at radius 2 is 1.96 bits per heavy atom. The molecule has 2 aromatic rings. The predicted molar refractivity (Wildman–Crippen MR) is 108 cm³/mol. The monoisotopic (exact) mass is 424 g/mol. The number of thiophene rings is 1. The van der Waals surface area contributed by atoms with Gasteiger partial charge in [-0.1, -0.05) is 24.4 Å². The van der Waals surface area contributed by atoms with Gasteiger partial charge in [-0.05, 0) is 50.1 Å². The molecular formula is C20H22ClFN2O3S. The Morgan fingerprint density at radius 1 is 1.25 bits per heavy atom. The highest BCUT2D eigenvalue weighted by Gasteiger charge is 2.37. The first-order valence-corrected chi connectivity index (χ1v) is 10.3. The number of amides is 2. The zero-order valence-electron chi connectivity index (χ0n) is 15.4. The molecule has 1 unspecified atom stereocenters. The topological polar surface area (TPSA) is 78.4 Å². The lowest BCUT2D eigenvalue weighted by Gasteiger charge is -2.28. The molecule has 2 amide bonds. The Bertz CT molecular complexity index is 878. The van der Waals surface area contributed by atoms with E-state index in [2.05, 4.69) is 10.6 Å². The molecule has 3 rings (SSSR count). The quantitative estimate of drug-likeness (QED) is 0.630. The molecule has 28 heavy (non-hydrogen) atoms. The maximum Gasteiger partial charge on any atom is 0.313 e. The van der Waals surface area contributed by atoms with Crippen molar-refractivity contribution in [3.63, 3.8) is 0 Å². The molecule has 0 radical (unpaired) electrons. The number of hydrogen-bond acceptors (Lipinski definition) is 4. The number of aliphatic hydroxyl groups excluding tert-OH is 1. The van der Waals surface area contributed by atoms with E-state index in [9.17, 15) is 19.1 Å². The van der Waals surface area contributed by atoms with Crippen molar-refractivity contribution in [2.75, 3.05) is 11.9 Å². The van der Waals surface area contributed by atoms with Crippen LogP contribution < -0.4 is 10.6 Å². The molecule has 1 aliphatic carbocycles. The number of halogens is 2. The minimum Gasteiger partial charge on any atom is -0.388 e. The molecule has 1 aromatic carbocycles. The van der Waals surface area contributed by atoms with Crippen LogP contribution in [0.25, 0.3) is 0 Å². The van der Waals surface area contributed by atoms with Crippen LogP contribution in [0.2, 0.25) is 5.02 Å². The average molecular weight is 425 g/mol. The summed E-state index contributed by atoms with van der Waals surface area (Å²) in [7, 11) is 0. The Hall–Kier alpha value is -1.96. The van der Waals surface area contributed by atoms with Gasteiger partial charge >= 0.3 is 11.8 Å². The van der Waals surface area contributed by atoms with Gasteiger partial charge in [0.1, 0.15) is 5.82 Å². The lowest BCUT2D eigenvalue weighted by Crippen LogP contribution is -2.43. The number of anilines is 1. The summed E-state index contributed by atoms with van der Waals surface area (Å²) in [5, 5.41) is 14.8. The second-order valence-corrected chi connectivity index (χ2v) is 8.65. The van der Waals surface area contributed by atoms with Crippen LogP contribution in [-0.4, -0.2) is 23.5 Å². The first kappa shape index (κ1) is 20.8. The Kier molecular flexibility index (Phi) is 6.37. The molecule has 1 aromatic heterocycles. The van der Waals surface area contributed by atoms with Crippen molar-refractivity contribution in [2.45, 2.75) is 44.1 Å². The van der Waals surface area contributed by atoms with E-state index < -0.39 is 23.7 Å². The van der Waals surface area contributed by atoms with Gasteiger partial charge in [-0.25, -0.2) is 4.39 Å². The van der Waals surface area contributed by atoms with E-state index in [0.29, 0.717) is 6.54 Å². The van der Waals surface area contributed by atoms with Crippen molar-refractivity contribution in [3.05, 3.63) is 50.9 Å². The normalized spacial score (nSPS) is 16.6. The zero-order valence-corrected chi connectivity index (χ0v) is 17.0. The van der Waals surface area contributed by atoms with Crippen molar-refractivity contribution in [1.29, 1.82) is 0 Å². The molecule has 150 valence electrons. The number of carbonyl (C=O) groups is 2. The highest BCUT2D eigenvalue weighted by atomic mass is 35.5. The van der Waals surface area contributed by atoms with Gasteiger partial charge in [0.25, 0.3) is 0 Å². The Labute approximate surface area is 171 Å². The van der Waals surface area contributed by atoms with E-state index in [-0.39, 0.29) is 16.1 Å². The fourth-order valence-corrected chi connectivity index (χ4v) is 4.89. The number of rotatable bonds is 5. The van der Waals surface area contributed by atoms with Crippen molar-refractivity contribution in [1.82, 2.24) is 5.32 Å². The largest absolute Gasteiger partial charge is 0.388 e. The maximum absolute atomic E-state index is 13.2. The number of carbonyl (C=O) groups excluding carboxylic acids is 2. The van der Waals surface area contributed by atoms with Crippen molar-refractivity contribution in [3.8, 4) is 0 Å². The smallest absolute Gasteiger partial charge is 0.313 e. The van der Waals surface area contributed by atoms with Gasteiger partial charge in [-0.3, -0.25) is 9.59 Å². The molecule has 0 bridgehead atoms. The predicted octanol–water partition coefficient (Wildman–Crippen LogP) is 4.16. The second kappa shape index (κ2) is 8.59. The van der Waals surface area contributed by atoms with Crippen molar-refractivity contribution >= 4 is 40.4 Å². The van der Waals surface area contributed by atoms with E-state index in [1.165, 1.54) is 12.1 Å². The summed E-state index contributed by atoms with van der Waals surface area (Å²) >= 11 is 7.24. The third-order valence-electron chi connectivity index (χ3n) is 5.09. The summed E-state index contributed by atoms with van der Waals surface area (Å²) in [6.45, 7) is 2.08. The highest BCUT2D eigenvalue weighted by molar-refractivity contribution is 7.12. The lowest BCUT2D eigenvalue weighted by atomic mass is 9.84. The number of benzene rings is 1. The van der Waals surface area contributed by atoms with Gasteiger partial charge in [0.05, 0.1) is 11.1 Å². The van der Waals surface area contributed by atoms with Gasteiger partial charge in [-0.2, -0.15) is 0 Å². The van der Waals surface area contributed by atoms with E-state index in [0.717, 1.165) is 41.5 Å². The third kappa shape index (κ3) is 4.54. The van der Waals surface area contributed by atoms with Crippen LogP contribution in [0.15, 0.2) is 30.3 Å². The highest BCUT2D eigenvalue weighted by Crippen LogP contribution is 2.44. The van der Waals surface area contributed by atoms with Crippen LogP contribution in [0.4, 0.5) is 10.1 Å². The molecule has 1 fully saturated rings. The minimum absolute atomic E-state index is 0.130. The van der Waals surface area contributed by atoms with Crippen LogP contribution >= 0.6 is 22.9 Å². The van der Waals surface area contributed by atoms with Crippen LogP contribution in [0.1, 0.15) is 48.5 Å². The second-order valence-electron chi connectivity index (χ2n) is 7.13. The molecule has 1 saturated carbocycles. The molecular weight excluding hydrogens is 403 g/mol. The lowest BCUT2D eigenvalue weighted by molar-refractivity contribution is -0.136. The standard InChI is InChI=1S/C20H22ClFN2O3S/c1-12(25)16-6-7-17(28-16)20(8-2-3-9-20)11-23-18(26)19(27)24-13-4-5-15(22)14(21)10-13/h4-7,10,12,25H,2-3,8-9,11H2,1H3,(H,23,26)(H,24,27). The third-order valence-corrected chi connectivity index (χ3v) is 6.88. The van der Waals surface area contributed by atoms with Gasteiger partial charge in [0.15, 0.2) is 0 Å². The molecule has 0 spiro atoms. The zero-order chi connectivity index (χ0) is 20.3. The fraction of sp³-hybridized carbons (Fsp3) is 0.400. The average Bonchev–Trinajstić information content (AvgIpc) is 3.33. The molecule has 3 N–H and O–H groups in total. The van der Waals surface area contributed by atoms with Crippen LogP contribution in [-0.2, 0) is 15.0 Å². The molecule has 8 heteroatoms. The number of hydrogen-bond donors (Lipinski definition) is 3. The first-order chi connectivity index (χ1) is 13.3. The molecule has 1 aliphatic rings. The molecule has 0 saturated heterocycles. The Balaban J connectivity index is 1.65. The van der Waals surface area contributed by atoms with Crippen LogP contribution in [0.3, 0.4) is 0 Å². The summed E-state index contributed by atoms with van der Waals surface area (Å²) in [5.74, 6) is -2.18. The van der Waals surface area contributed by atoms with E-state index in [1.807, 2.05) is 12.1 Å². The SMILES string of the molecule is CC(O)c1ccc(C2(CNC(=O)C(=O)Nc3ccc(F)c(Cl)c3)CCCC2)s1. The minimum atomic E-state index is -0.827. The maximum atomic E-state index is 13.2. The summed E-state index contributed by atoms with van der Waals surface area (Å²) < 4.78 is 13.2. The number of nitrogens with one attached hydrogen (secondary N) is 2. The summed E-state index contributed by atoms with van der Waals surface area (Å²) in [4.78, 5) is 26.4. The van der Waals surface area contributed by atoms with Gasteiger partial charge in [0, 0.05) is 27.4 Å². The van der Waals surface area contributed by atoms with Crippen molar-refractivity contribution < 1.29 is 19.1 Å². The van der Waals surface area contributed by atoms with Crippen LogP contribution in [0, 0.1) is 5.82 Å². The van der Waals surface area contributed by atoms with Gasteiger partial charge in [-0.15, -0.1) is 11.3 Å². The molecule has 1 atom stereocenters. The molecule has 5 nitrogen and oxygen atoms in total. The van der Waals surface area contributed by atoms with Crippen LogP contribution in [0.5, 0.6) is 0 Å². The summed E-state index contributed by atoms with van der Waals surface area (Å²) in [5.41, 5.74) is 0.0365. The Morgan fingerprint density at radius 3 is 2.57 bits per heavy atom. The van der Waals surface area contributed by atoms with E-state index in [1.54, 1.807) is 18.3 Å². The van der Waals surface area contributed by atoms with E-state index >= 15 is 0 Å². The van der Waals surface area contributed by atoms with Gasteiger partial charge < -0.3 is 15.7 Å². The fourth-order valence-electron chi connectivity index (χ4n) is 3.52. The molecule has 0 aliphatic heterocycles. The summed E-state index contributed by atoms with van der Waals surface area (Å²) in [6, 6.07) is 7.64. The summed E-state index contributed by atoms with van der Waals surface area (Å²) in [6.07, 6.45) is 3.42. The van der Waals surface area contributed by atoms with Gasteiger partial charge in [0.2, 0.25) is 0 Å².